The summed E-state index contributed by atoms with van der Waals surface area (Å²) in [6.07, 6.45) is 2.48. The van der Waals surface area contributed by atoms with E-state index in [-0.39, 0.29) is 0 Å². The third-order valence-electron chi connectivity index (χ3n) is 3.91. The van der Waals surface area contributed by atoms with Crippen molar-refractivity contribution in [2.24, 2.45) is 0 Å². The molecule has 3 aromatic rings. The van der Waals surface area contributed by atoms with Crippen molar-refractivity contribution in [1.29, 1.82) is 0 Å². The number of nitrogens with zero attached hydrogens (tertiary/aromatic N) is 3. The summed E-state index contributed by atoms with van der Waals surface area (Å²) in [6, 6.07) is 16.0. The first-order chi connectivity index (χ1) is 12.9. The van der Waals surface area contributed by atoms with Gasteiger partial charge in [0, 0.05) is 18.3 Å². The van der Waals surface area contributed by atoms with Crippen LogP contribution in [0.15, 0.2) is 54.7 Å². The van der Waals surface area contributed by atoms with Crippen LogP contribution >= 0.6 is 0 Å². The number of hydrogen-bond acceptors (Lipinski definition) is 7. The minimum atomic E-state index is 0.489. The fourth-order valence-corrected chi connectivity index (χ4v) is 2.67. The second-order valence-electron chi connectivity index (χ2n) is 5.81. The number of anilines is 3. The van der Waals surface area contributed by atoms with E-state index in [0.717, 1.165) is 30.2 Å². The highest BCUT2D eigenvalue weighted by molar-refractivity contribution is 5.61. The van der Waals surface area contributed by atoms with Gasteiger partial charge in [-0.3, -0.25) is 0 Å². The van der Waals surface area contributed by atoms with Gasteiger partial charge in [-0.15, -0.1) is 5.10 Å². The first-order valence-electron chi connectivity index (χ1n) is 8.51. The molecular weight excluding hydrogens is 330 g/mol. The van der Waals surface area contributed by atoms with E-state index in [1.165, 1.54) is 5.56 Å². The summed E-state index contributed by atoms with van der Waals surface area (Å²) in [5, 5.41) is 14.4. The van der Waals surface area contributed by atoms with E-state index in [1.807, 2.05) is 36.4 Å². The topological polar surface area (TPSA) is 81.2 Å². The number of nitrogens with one attached hydrogen (secondary N) is 2. The zero-order valence-electron chi connectivity index (χ0n) is 14.2. The van der Waals surface area contributed by atoms with Gasteiger partial charge in [0.05, 0.1) is 6.20 Å². The molecule has 0 aliphatic carbocycles. The maximum absolute atomic E-state index is 5.59. The molecule has 1 aliphatic heterocycles. The smallest absolute Gasteiger partial charge is 0.244 e. The van der Waals surface area contributed by atoms with E-state index < -0.39 is 0 Å². The van der Waals surface area contributed by atoms with Crippen LogP contribution in [0.3, 0.4) is 0 Å². The molecule has 0 unspecified atom stereocenters. The first-order valence-corrected chi connectivity index (χ1v) is 8.51. The van der Waals surface area contributed by atoms with Crippen LogP contribution < -0.4 is 20.1 Å². The summed E-state index contributed by atoms with van der Waals surface area (Å²) >= 11 is 0. The van der Waals surface area contributed by atoms with Gasteiger partial charge in [-0.1, -0.05) is 30.3 Å². The van der Waals surface area contributed by atoms with Crippen molar-refractivity contribution in [2.75, 3.05) is 30.4 Å². The minimum absolute atomic E-state index is 0.489. The third-order valence-corrected chi connectivity index (χ3v) is 3.91. The number of ether oxygens (including phenoxy) is 2. The third kappa shape index (κ3) is 4.00. The highest BCUT2D eigenvalue weighted by Gasteiger charge is 2.12. The van der Waals surface area contributed by atoms with Gasteiger partial charge >= 0.3 is 0 Å². The van der Waals surface area contributed by atoms with E-state index >= 15 is 0 Å². The van der Waals surface area contributed by atoms with E-state index in [4.69, 9.17) is 9.47 Å². The number of hydrogen-bond donors (Lipinski definition) is 2. The molecule has 0 saturated heterocycles. The summed E-state index contributed by atoms with van der Waals surface area (Å²) in [5.74, 6) is 2.58. The van der Waals surface area contributed by atoms with Crippen LogP contribution in [0.4, 0.5) is 17.5 Å². The lowest BCUT2D eigenvalue weighted by molar-refractivity contribution is 0.171. The van der Waals surface area contributed by atoms with E-state index in [9.17, 15) is 0 Å². The van der Waals surface area contributed by atoms with Crippen LogP contribution in [0.2, 0.25) is 0 Å². The highest BCUT2D eigenvalue weighted by Crippen LogP contribution is 2.33. The molecule has 26 heavy (non-hydrogen) atoms. The molecular formula is C19H19N5O2. The molecule has 2 heterocycles. The highest BCUT2D eigenvalue weighted by atomic mass is 16.6. The van der Waals surface area contributed by atoms with Gasteiger partial charge in [0.2, 0.25) is 5.95 Å². The van der Waals surface area contributed by atoms with Crippen molar-refractivity contribution >= 4 is 17.5 Å². The van der Waals surface area contributed by atoms with Crippen LogP contribution in [0.5, 0.6) is 11.5 Å². The van der Waals surface area contributed by atoms with Crippen molar-refractivity contribution in [3.63, 3.8) is 0 Å². The molecule has 0 amide bonds. The zero-order chi connectivity index (χ0) is 17.6. The Bertz CT molecular complexity index is 873. The molecule has 0 saturated carbocycles. The molecule has 2 aromatic carbocycles. The quantitative estimate of drug-likeness (QED) is 0.708. The molecule has 0 fully saturated rings. The monoisotopic (exact) mass is 349 g/mol. The molecule has 0 radical (unpaired) electrons. The van der Waals surface area contributed by atoms with Crippen molar-refractivity contribution in [1.82, 2.24) is 15.2 Å². The number of rotatable bonds is 6. The van der Waals surface area contributed by atoms with Crippen molar-refractivity contribution in [3.05, 3.63) is 60.3 Å². The largest absolute Gasteiger partial charge is 0.486 e. The number of benzene rings is 2. The summed E-state index contributed by atoms with van der Waals surface area (Å²) in [4.78, 5) is 4.44. The lowest BCUT2D eigenvalue weighted by atomic mass is 10.1. The van der Waals surface area contributed by atoms with Crippen LogP contribution in [0.1, 0.15) is 5.56 Å². The average Bonchev–Trinajstić information content (AvgIpc) is 2.69. The fraction of sp³-hybridized carbons (Fsp3) is 0.211. The minimum Gasteiger partial charge on any atom is -0.486 e. The lowest BCUT2D eigenvalue weighted by Gasteiger charge is -2.19. The van der Waals surface area contributed by atoms with Gasteiger partial charge in [-0.25, -0.2) is 0 Å². The summed E-state index contributed by atoms with van der Waals surface area (Å²) in [7, 11) is 0. The Balaban J connectivity index is 1.38. The molecule has 132 valence electrons. The van der Waals surface area contributed by atoms with Crippen LogP contribution in [0.25, 0.3) is 0 Å². The fourth-order valence-electron chi connectivity index (χ4n) is 2.67. The first kappa shape index (κ1) is 16.1. The second-order valence-corrected chi connectivity index (χ2v) is 5.81. The van der Waals surface area contributed by atoms with Gasteiger partial charge in [-0.05, 0) is 24.1 Å². The molecule has 1 aliphatic rings. The predicted octanol–water partition coefficient (Wildman–Crippen LogP) is 3.04. The van der Waals surface area contributed by atoms with E-state index in [1.54, 1.807) is 6.20 Å². The molecule has 1 aromatic heterocycles. The zero-order valence-corrected chi connectivity index (χ0v) is 14.2. The number of fused-ring (bicyclic) bond motifs is 1. The van der Waals surface area contributed by atoms with Crippen LogP contribution in [0, 0.1) is 0 Å². The Kier molecular flexibility index (Phi) is 4.77. The Morgan fingerprint density at radius 1 is 0.962 bits per heavy atom. The number of aromatic nitrogens is 3. The maximum atomic E-state index is 5.59. The van der Waals surface area contributed by atoms with Gasteiger partial charge in [0.25, 0.3) is 0 Å². The lowest BCUT2D eigenvalue weighted by Crippen LogP contribution is -2.15. The van der Waals surface area contributed by atoms with Crippen LogP contribution in [-0.2, 0) is 6.42 Å². The Morgan fingerprint density at radius 2 is 1.81 bits per heavy atom. The van der Waals surface area contributed by atoms with E-state index in [0.29, 0.717) is 25.0 Å². The Morgan fingerprint density at radius 3 is 2.69 bits per heavy atom. The summed E-state index contributed by atoms with van der Waals surface area (Å²) in [6.45, 7) is 1.87. The van der Waals surface area contributed by atoms with E-state index in [2.05, 4.69) is 37.9 Å². The Labute approximate surface area is 151 Å². The molecule has 7 nitrogen and oxygen atoms in total. The van der Waals surface area contributed by atoms with Gasteiger partial charge in [-0.2, -0.15) is 10.1 Å². The predicted molar refractivity (Wildman–Crippen MR) is 99.2 cm³/mol. The van der Waals surface area contributed by atoms with Gasteiger partial charge < -0.3 is 20.1 Å². The van der Waals surface area contributed by atoms with Gasteiger partial charge in [0.15, 0.2) is 17.3 Å². The summed E-state index contributed by atoms with van der Waals surface area (Å²) in [5.41, 5.74) is 2.11. The SMILES string of the molecule is c1ccc(CCNc2nncc(Nc3ccc4c(c3)OCCO4)n2)cc1. The van der Waals surface area contributed by atoms with Crippen molar-refractivity contribution in [3.8, 4) is 11.5 Å². The molecule has 0 atom stereocenters. The molecule has 4 rings (SSSR count). The van der Waals surface area contributed by atoms with Gasteiger partial charge in [0.1, 0.15) is 13.2 Å². The standard InChI is InChI=1S/C19H19N5O2/c1-2-4-14(5-3-1)8-9-20-19-23-18(13-21-24-19)22-15-6-7-16-17(12-15)26-11-10-25-16/h1-7,12-13H,8-11H2,(H2,20,22,23,24). The summed E-state index contributed by atoms with van der Waals surface area (Å²) < 4.78 is 11.1. The second kappa shape index (κ2) is 7.69. The molecule has 0 bridgehead atoms. The van der Waals surface area contributed by atoms with Crippen molar-refractivity contribution < 1.29 is 9.47 Å². The molecule has 7 heteroatoms. The normalized spacial score (nSPS) is 12.5. The van der Waals surface area contributed by atoms with Crippen LogP contribution in [-0.4, -0.2) is 34.9 Å². The van der Waals surface area contributed by atoms with Crippen molar-refractivity contribution in [2.45, 2.75) is 6.42 Å². The maximum Gasteiger partial charge on any atom is 0.244 e. The Hall–Kier alpha value is -3.35. The average molecular weight is 349 g/mol. The molecule has 0 spiro atoms. The molecule has 2 N–H and O–H groups in total.